The number of hydrogen-bond donors (Lipinski definition) is 1. The highest BCUT2D eigenvalue weighted by Gasteiger charge is 2.30. The van der Waals surface area contributed by atoms with Gasteiger partial charge in [0.2, 0.25) is 0 Å². The Labute approximate surface area is 102 Å². The van der Waals surface area contributed by atoms with Crippen LogP contribution in [0.2, 0.25) is 0 Å². The number of nitrogens with zero attached hydrogens (tertiary/aromatic N) is 1. The van der Waals surface area contributed by atoms with E-state index in [4.69, 9.17) is 5.11 Å². The van der Waals surface area contributed by atoms with E-state index >= 15 is 0 Å². The highest BCUT2D eigenvalue weighted by atomic mass is 16.4. The molecule has 92 valence electrons. The lowest BCUT2D eigenvalue weighted by Gasteiger charge is -2.21. The molecule has 1 aromatic carbocycles. The van der Waals surface area contributed by atoms with Crippen molar-refractivity contribution in [3.05, 3.63) is 35.4 Å². The number of likely N-dealkylation sites (tertiary alicyclic amines) is 1. The van der Waals surface area contributed by atoms with E-state index in [2.05, 4.69) is 36.1 Å². The molecule has 1 atom stereocenters. The number of carboxylic acids is 1. The molecule has 3 heteroatoms. The van der Waals surface area contributed by atoms with E-state index in [0.717, 1.165) is 32.4 Å². The van der Waals surface area contributed by atoms with Crippen LogP contribution in [0.4, 0.5) is 0 Å². The molecule has 1 N–H and O–H groups in total. The van der Waals surface area contributed by atoms with E-state index in [-0.39, 0.29) is 6.04 Å². The van der Waals surface area contributed by atoms with Gasteiger partial charge in [0.25, 0.3) is 0 Å². The van der Waals surface area contributed by atoms with Gasteiger partial charge in [-0.1, -0.05) is 31.2 Å². The Morgan fingerprint density at radius 2 is 2.24 bits per heavy atom. The van der Waals surface area contributed by atoms with Gasteiger partial charge in [0.15, 0.2) is 0 Å². The Morgan fingerprint density at radius 3 is 2.94 bits per heavy atom. The van der Waals surface area contributed by atoms with Crippen molar-refractivity contribution in [2.24, 2.45) is 0 Å². The SMILES string of the molecule is CCc1cccc(CN2CCC[C@@H]2C(=O)O)c1. The van der Waals surface area contributed by atoms with E-state index in [1.54, 1.807) is 0 Å². The molecule has 3 nitrogen and oxygen atoms in total. The second-order valence-electron chi connectivity index (χ2n) is 4.64. The zero-order valence-corrected chi connectivity index (χ0v) is 10.2. The molecule has 0 radical (unpaired) electrons. The molecule has 1 aliphatic rings. The lowest BCUT2D eigenvalue weighted by molar-refractivity contribution is -0.142. The first-order chi connectivity index (χ1) is 8.20. The van der Waals surface area contributed by atoms with E-state index in [0.29, 0.717) is 0 Å². The summed E-state index contributed by atoms with van der Waals surface area (Å²) in [6.07, 6.45) is 2.80. The summed E-state index contributed by atoms with van der Waals surface area (Å²) in [5.41, 5.74) is 2.53. The zero-order chi connectivity index (χ0) is 12.3. The molecule has 0 aromatic heterocycles. The molecule has 0 saturated carbocycles. The number of aliphatic carboxylic acids is 1. The predicted molar refractivity (Wildman–Crippen MR) is 66.9 cm³/mol. The molecule has 0 spiro atoms. The molecule has 1 aromatic rings. The largest absolute Gasteiger partial charge is 0.480 e. The van der Waals surface area contributed by atoms with Gasteiger partial charge in [-0.15, -0.1) is 0 Å². The Morgan fingerprint density at radius 1 is 1.47 bits per heavy atom. The maximum Gasteiger partial charge on any atom is 0.320 e. The van der Waals surface area contributed by atoms with Crippen LogP contribution in [0.25, 0.3) is 0 Å². The second-order valence-corrected chi connectivity index (χ2v) is 4.64. The molecule has 1 heterocycles. The lowest BCUT2D eigenvalue weighted by atomic mass is 10.1. The third-order valence-electron chi connectivity index (χ3n) is 3.43. The zero-order valence-electron chi connectivity index (χ0n) is 10.2. The number of rotatable bonds is 4. The highest BCUT2D eigenvalue weighted by Crippen LogP contribution is 2.20. The van der Waals surface area contributed by atoms with Crippen LogP contribution < -0.4 is 0 Å². The molecule has 2 rings (SSSR count). The molecule has 1 saturated heterocycles. The summed E-state index contributed by atoms with van der Waals surface area (Å²) >= 11 is 0. The normalized spacial score (nSPS) is 20.6. The molecule has 0 unspecified atom stereocenters. The monoisotopic (exact) mass is 233 g/mol. The van der Waals surface area contributed by atoms with Gasteiger partial charge in [-0.2, -0.15) is 0 Å². The summed E-state index contributed by atoms with van der Waals surface area (Å²) < 4.78 is 0. The summed E-state index contributed by atoms with van der Waals surface area (Å²) in [5.74, 6) is -0.686. The summed E-state index contributed by atoms with van der Waals surface area (Å²) in [7, 11) is 0. The fourth-order valence-electron chi connectivity index (χ4n) is 2.48. The van der Waals surface area contributed by atoms with Crippen molar-refractivity contribution in [3.8, 4) is 0 Å². The standard InChI is InChI=1S/C14H19NO2/c1-2-11-5-3-6-12(9-11)10-15-8-4-7-13(15)14(16)17/h3,5-6,9,13H,2,4,7-8,10H2,1H3,(H,16,17)/t13-/m1/s1. The third-order valence-corrected chi connectivity index (χ3v) is 3.43. The van der Waals surface area contributed by atoms with Crippen LogP contribution in [-0.2, 0) is 17.8 Å². The van der Waals surface area contributed by atoms with Gasteiger partial charge in [-0.3, -0.25) is 9.69 Å². The second kappa shape index (κ2) is 5.32. The first-order valence-electron chi connectivity index (χ1n) is 6.25. The summed E-state index contributed by atoms with van der Waals surface area (Å²) in [6, 6.07) is 8.13. The molecule has 0 amide bonds. The van der Waals surface area contributed by atoms with Crippen LogP contribution in [0.5, 0.6) is 0 Å². The van der Waals surface area contributed by atoms with Crippen LogP contribution >= 0.6 is 0 Å². The number of aryl methyl sites for hydroxylation is 1. The smallest absolute Gasteiger partial charge is 0.320 e. The van der Waals surface area contributed by atoms with Crippen molar-refractivity contribution < 1.29 is 9.90 Å². The number of hydrogen-bond acceptors (Lipinski definition) is 2. The molecule has 1 aliphatic heterocycles. The minimum absolute atomic E-state index is 0.291. The molecule has 0 aliphatic carbocycles. The van der Waals surface area contributed by atoms with Crippen LogP contribution in [0.1, 0.15) is 30.9 Å². The first kappa shape index (κ1) is 12.1. The van der Waals surface area contributed by atoms with Gasteiger partial charge >= 0.3 is 5.97 Å². The lowest BCUT2D eigenvalue weighted by Crippen LogP contribution is -2.35. The van der Waals surface area contributed by atoms with Crippen LogP contribution in [0, 0.1) is 0 Å². The van der Waals surface area contributed by atoms with Crippen molar-refractivity contribution in [3.63, 3.8) is 0 Å². The van der Waals surface area contributed by atoms with Crippen molar-refractivity contribution >= 4 is 5.97 Å². The maximum atomic E-state index is 11.1. The molecular formula is C14H19NO2. The predicted octanol–water partition coefficient (Wildman–Crippen LogP) is 2.30. The topological polar surface area (TPSA) is 40.5 Å². The Hall–Kier alpha value is -1.35. The number of carbonyl (C=O) groups is 1. The Balaban J connectivity index is 2.06. The Bertz CT molecular complexity index is 403. The number of benzene rings is 1. The maximum absolute atomic E-state index is 11.1. The third kappa shape index (κ3) is 2.86. The molecule has 17 heavy (non-hydrogen) atoms. The van der Waals surface area contributed by atoms with E-state index < -0.39 is 5.97 Å². The molecule has 1 fully saturated rings. The van der Waals surface area contributed by atoms with Crippen molar-refractivity contribution in [2.75, 3.05) is 6.54 Å². The van der Waals surface area contributed by atoms with Crippen molar-refractivity contribution in [2.45, 2.75) is 38.8 Å². The number of carboxylic acid groups (broad SMARTS) is 1. The molecule has 0 bridgehead atoms. The van der Waals surface area contributed by atoms with Gasteiger partial charge in [-0.05, 0) is 36.9 Å². The highest BCUT2D eigenvalue weighted by molar-refractivity contribution is 5.73. The first-order valence-corrected chi connectivity index (χ1v) is 6.25. The van der Waals surface area contributed by atoms with Crippen LogP contribution in [0.3, 0.4) is 0 Å². The molecular weight excluding hydrogens is 214 g/mol. The van der Waals surface area contributed by atoms with Gasteiger partial charge in [0.05, 0.1) is 0 Å². The summed E-state index contributed by atoms with van der Waals surface area (Å²) in [5, 5.41) is 9.12. The summed E-state index contributed by atoms with van der Waals surface area (Å²) in [4.78, 5) is 13.2. The van der Waals surface area contributed by atoms with Gasteiger partial charge < -0.3 is 5.11 Å². The minimum Gasteiger partial charge on any atom is -0.480 e. The van der Waals surface area contributed by atoms with E-state index in [1.165, 1.54) is 11.1 Å². The average molecular weight is 233 g/mol. The van der Waals surface area contributed by atoms with Gasteiger partial charge in [0, 0.05) is 6.54 Å². The fourth-order valence-corrected chi connectivity index (χ4v) is 2.48. The van der Waals surface area contributed by atoms with E-state index in [1.807, 2.05) is 0 Å². The van der Waals surface area contributed by atoms with Crippen LogP contribution in [0.15, 0.2) is 24.3 Å². The van der Waals surface area contributed by atoms with Gasteiger partial charge in [0.1, 0.15) is 6.04 Å². The van der Waals surface area contributed by atoms with Crippen molar-refractivity contribution in [1.29, 1.82) is 0 Å². The van der Waals surface area contributed by atoms with Gasteiger partial charge in [-0.25, -0.2) is 0 Å². The quantitative estimate of drug-likeness (QED) is 0.867. The van der Waals surface area contributed by atoms with Crippen LogP contribution in [-0.4, -0.2) is 28.6 Å². The minimum atomic E-state index is -0.686. The average Bonchev–Trinajstić information content (AvgIpc) is 2.77. The fraction of sp³-hybridized carbons (Fsp3) is 0.500. The van der Waals surface area contributed by atoms with Crippen molar-refractivity contribution in [1.82, 2.24) is 4.90 Å². The van der Waals surface area contributed by atoms with E-state index in [9.17, 15) is 4.79 Å². The Kier molecular flexibility index (Phi) is 3.79. The summed E-state index contributed by atoms with van der Waals surface area (Å²) in [6.45, 7) is 3.78.